The molecule has 25 heavy (non-hydrogen) atoms. The van der Waals surface area contributed by atoms with Crippen molar-refractivity contribution in [2.45, 2.75) is 12.5 Å². The van der Waals surface area contributed by atoms with Crippen LogP contribution in [0.4, 0.5) is 10.1 Å². The molecule has 0 aliphatic carbocycles. The molecule has 4 rings (SSSR count). The Hall–Kier alpha value is -2.40. The van der Waals surface area contributed by atoms with Gasteiger partial charge in [0.15, 0.2) is 0 Å². The molecule has 0 bridgehead atoms. The Morgan fingerprint density at radius 2 is 1.68 bits per heavy atom. The van der Waals surface area contributed by atoms with Gasteiger partial charge in [-0.2, -0.15) is 0 Å². The Labute approximate surface area is 147 Å². The Balaban J connectivity index is 1.26. The first kappa shape index (κ1) is 16.1. The van der Waals surface area contributed by atoms with Gasteiger partial charge >= 0.3 is 0 Å². The third-order valence-electron chi connectivity index (χ3n) is 4.87. The summed E-state index contributed by atoms with van der Waals surface area (Å²) in [6.45, 7) is 4.77. The second-order valence-corrected chi connectivity index (χ2v) is 6.60. The van der Waals surface area contributed by atoms with Gasteiger partial charge in [-0.25, -0.2) is 4.39 Å². The molecule has 1 fully saturated rings. The fourth-order valence-corrected chi connectivity index (χ4v) is 3.46. The molecule has 2 heterocycles. The van der Waals surface area contributed by atoms with Crippen molar-refractivity contribution in [3.8, 4) is 0 Å². The van der Waals surface area contributed by atoms with Crippen LogP contribution < -0.4 is 4.90 Å². The van der Waals surface area contributed by atoms with E-state index in [-0.39, 0.29) is 11.9 Å². The van der Waals surface area contributed by atoms with Crippen molar-refractivity contribution >= 4 is 11.4 Å². The van der Waals surface area contributed by atoms with Crippen molar-refractivity contribution in [3.05, 3.63) is 66.0 Å². The van der Waals surface area contributed by atoms with Crippen molar-refractivity contribution in [3.63, 3.8) is 0 Å². The van der Waals surface area contributed by atoms with Crippen LogP contribution in [0.25, 0.3) is 0 Å². The first-order chi connectivity index (χ1) is 12.3. The summed E-state index contributed by atoms with van der Waals surface area (Å²) in [5, 5.41) is 4.27. The maximum atomic E-state index is 13.0. The van der Waals surface area contributed by atoms with E-state index in [1.54, 1.807) is 0 Å². The first-order valence-electron chi connectivity index (χ1n) is 8.79. The van der Waals surface area contributed by atoms with Crippen molar-refractivity contribution in [1.82, 2.24) is 4.90 Å². The molecule has 5 heteroatoms. The van der Waals surface area contributed by atoms with Gasteiger partial charge in [-0.05, 0) is 29.8 Å². The van der Waals surface area contributed by atoms with Gasteiger partial charge in [-0.3, -0.25) is 4.90 Å². The topological polar surface area (TPSA) is 28.1 Å². The van der Waals surface area contributed by atoms with E-state index in [1.807, 2.05) is 30.3 Å². The zero-order chi connectivity index (χ0) is 17.1. The van der Waals surface area contributed by atoms with E-state index in [1.165, 1.54) is 12.1 Å². The number of anilines is 1. The van der Waals surface area contributed by atoms with Gasteiger partial charge in [0.25, 0.3) is 0 Å². The maximum absolute atomic E-state index is 13.0. The van der Waals surface area contributed by atoms with Crippen LogP contribution in [0, 0.1) is 5.82 Å². The van der Waals surface area contributed by atoms with Crippen molar-refractivity contribution in [2.75, 3.05) is 37.6 Å². The summed E-state index contributed by atoms with van der Waals surface area (Å²) >= 11 is 0. The minimum atomic E-state index is -0.185. The molecule has 4 nitrogen and oxygen atoms in total. The van der Waals surface area contributed by atoms with Crippen LogP contribution in [-0.4, -0.2) is 49.4 Å². The van der Waals surface area contributed by atoms with E-state index in [9.17, 15) is 4.39 Å². The molecule has 0 aromatic heterocycles. The molecule has 0 amide bonds. The molecule has 0 spiro atoms. The van der Waals surface area contributed by atoms with E-state index in [0.29, 0.717) is 0 Å². The van der Waals surface area contributed by atoms with Crippen LogP contribution in [0.1, 0.15) is 12.0 Å². The lowest BCUT2D eigenvalue weighted by molar-refractivity contribution is 0.0510. The van der Waals surface area contributed by atoms with Crippen LogP contribution in [0.5, 0.6) is 0 Å². The highest BCUT2D eigenvalue weighted by atomic mass is 19.1. The van der Waals surface area contributed by atoms with E-state index in [2.05, 4.69) is 27.1 Å². The highest BCUT2D eigenvalue weighted by Crippen LogP contribution is 2.20. The lowest BCUT2D eigenvalue weighted by Gasteiger charge is -2.36. The lowest BCUT2D eigenvalue weighted by Crippen LogP contribution is -2.48. The zero-order valence-electron chi connectivity index (χ0n) is 14.1. The lowest BCUT2D eigenvalue weighted by atomic mass is 10.0. The SMILES string of the molecule is Fc1ccc(N2CCN(CC3CC(c4ccccc4)=NO3)CC2)cc1. The molecule has 0 radical (unpaired) electrons. The van der Waals surface area contributed by atoms with Gasteiger partial charge in [0.1, 0.15) is 11.9 Å². The molecule has 2 aromatic rings. The van der Waals surface area contributed by atoms with Gasteiger partial charge in [0.2, 0.25) is 0 Å². The second kappa shape index (κ2) is 7.23. The smallest absolute Gasteiger partial charge is 0.145 e. The van der Waals surface area contributed by atoms with Gasteiger partial charge in [0, 0.05) is 44.8 Å². The van der Waals surface area contributed by atoms with E-state index >= 15 is 0 Å². The fraction of sp³-hybridized carbons (Fsp3) is 0.350. The monoisotopic (exact) mass is 339 g/mol. The summed E-state index contributed by atoms with van der Waals surface area (Å²) < 4.78 is 13.0. The van der Waals surface area contributed by atoms with Crippen molar-refractivity contribution < 1.29 is 9.23 Å². The van der Waals surface area contributed by atoms with Gasteiger partial charge < -0.3 is 9.74 Å². The largest absolute Gasteiger partial charge is 0.390 e. The summed E-state index contributed by atoms with van der Waals surface area (Å²) in [6.07, 6.45) is 0.995. The Morgan fingerprint density at radius 3 is 2.40 bits per heavy atom. The number of piperazine rings is 1. The third-order valence-corrected chi connectivity index (χ3v) is 4.87. The number of oxime groups is 1. The van der Waals surface area contributed by atoms with E-state index in [4.69, 9.17) is 4.84 Å². The summed E-state index contributed by atoms with van der Waals surface area (Å²) in [5.41, 5.74) is 3.27. The fourth-order valence-electron chi connectivity index (χ4n) is 3.46. The number of nitrogens with zero attached hydrogens (tertiary/aromatic N) is 3. The maximum Gasteiger partial charge on any atom is 0.145 e. The molecule has 0 saturated carbocycles. The van der Waals surface area contributed by atoms with Gasteiger partial charge in [-0.1, -0.05) is 35.5 Å². The summed E-state index contributed by atoms with van der Waals surface area (Å²) in [4.78, 5) is 10.4. The van der Waals surface area contributed by atoms with Crippen LogP contribution in [0.2, 0.25) is 0 Å². The summed E-state index contributed by atoms with van der Waals surface area (Å²) in [7, 11) is 0. The molecule has 1 atom stereocenters. The molecule has 1 unspecified atom stereocenters. The van der Waals surface area contributed by atoms with Crippen LogP contribution in [0.3, 0.4) is 0 Å². The predicted octanol–water partition coefficient (Wildman–Crippen LogP) is 3.14. The minimum Gasteiger partial charge on any atom is -0.390 e. The first-order valence-corrected chi connectivity index (χ1v) is 8.79. The average molecular weight is 339 g/mol. The number of benzene rings is 2. The Bertz CT molecular complexity index is 724. The van der Waals surface area contributed by atoms with Crippen LogP contribution >= 0.6 is 0 Å². The molecule has 2 aliphatic rings. The van der Waals surface area contributed by atoms with E-state index < -0.39 is 0 Å². The predicted molar refractivity (Wildman–Crippen MR) is 97.5 cm³/mol. The molecular weight excluding hydrogens is 317 g/mol. The summed E-state index contributed by atoms with van der Waals surface area (Å²) in [6, 6.07) is 17.0. The highest BCUT2D eigenvalue weighted by molar-refractivity contribution is 6.01. The van der Waals surface area contributed by atoms with Crippen LogP contribution in [-0.2, 0) is 4.84 Å². The molecule has 0 N–H and O–H groups in total. The molecule has 1 saturated heterocycles. The third kappa shape index (κ3) is 3.82. The summed E-state index contributed by atoms with van der Waals surface area (Å²) in [5.74, 6) is -0.185. The van der Waals surface area contributed by atoms with Crippen LogP contribution in [0.15, 0.2) is 59.8 Å². The molecule has 130 valence electrons. The number of halogens is 1. The van der Waals surface area contributed by atoms with Crippen molar-refractivity contribution in [1.29, 1.82) is 0 Å². The normalized spacial score (nSPS) is 21.1. The van der Waals surface area contributed by atoms with E-state index in [0.717, 1.165) is 56.1 Å². The van der Waals surface area contributed by atoms with Gasteiger partial charge in [0.05, 0.1) is 5.71 Å². The van der Waals surface area contributed by atoms with Gasteiger partial charge in [-0.15, -0.1) is 0 Å². The second-order valence-electron chi connectivity index (χ2n) is 6.60. The molecule has 2 aliphatic heterocycles. The molecular formula is C20H22FN3O. The standard InChI is InChI=1S/C20H22FN3O/c21-17-6-8-18(9-7-17)24-12-10-23(11-13-24)15-19-14-20(22-25-19)16-4-2-1-3-5-16/h1-9,19H,10-15H2. The van der Waals surface area contributed by atoms with Crippen molar-refractivity contribution in [2.24, 2.45) is 5.16 Å². The zero-order valence-corrected chi connectivity index (χ0v) is 14.1. The molecule has 2 aromatic carbocycles. The number of rotatable bonds is 4. The minimum absolute atomic E-state index is 0.132. The highest BCUT2D eigenvalue weighted by Gasteiger charge is 2.26. The quantitative estimate of drug-likeness (QED) is 0.857. The number of hydrogen-bond donors (Lipinski definition) is 0. The Kier molecular flexibility index (Phi) is 4.65. The Morgan fingerprint density at radius 1 is 0.960 bits per heavy atom. The average Bonchev–Trinajstić information content (AvgIpc) is 3.12. The number of hydrogen-bond acceptors (Lipinski definition) is 4.